The molecule has 0 spiro atoms. The van der Waals surface area contributed by atoms with Crippen molar-refractivity contribution in [1.29, 1.82) is 0 Å². The van der Waals surface area contributed by atoms with Gasteiger partial charge < -0.3 is 20.3 Å². The Balaban J connectivity index is 1.58. The average Bonchev–Trinajstić information content (AvgIpc) is 2.81. The summed E-state index contributed by atoms with van der Waals surface area (Å²) >= 11 is 0. The quantitative estimate of drug-likeness (QED) is 0.607. The van der Waals surface area contributed by atoms with Gasteiger partial charge in [-0.05, 0) is 30.3 Å². The standard InChI is InChI=1S/C20H18F2N4O2/c21-12-1-3-14-15(20(28)25-17(14)9-12)11-24-13-2-4-18(16(22)10-13)26-7-5-19(27)23-6-8-26/h1-4,9-11,25,28H,5-8H2,(H,23,27). The van der Waals surface area contributed by atoms with E-state index in [-0.39, 0.29) is 11.8 Å². The second-order valence-electron chi connectivity index (χ2n) is 6.56. The topological polar surface area (TPSA) is 80.7 Å². The molecule has 2 heterocycles. The van der Waals surface area contributed by atoms with Gasteiger partial charge in [0, 0.05) is 43.7 Å². The zero-order chi connectivity index (χ0) is 19.7. The van der Waals surface area contributed by atoms with Gasteiger partial charge in [0.05, 0.1) is 22.5 Å². The van der Waals surface area contributed by atoms with Crippen LogP contribution in [0.5, 0.6) is 5.88 Å². The number of fused-ring (bicyclic) bond motifs is 1. The minimum absolute atomic E-state index is 0.0393. The normalized spacial score (nSPS) is 15.2. The molecule has 28 heavy (non-hydrogen) atoms. The monoisotopic (exact) mass is 384 g/mol. The second kappa shape index (κ2) is 7.30. The van der Waals surface area contributed by atoms with Gasteiger partial charge >= 0.3 is 0 Å². The van der Waals surface area contributed by atoms with Gasteiger partial charge in [-0.1, -0.05) is 0 Å². The van der Waals surface area contributed by atoms with E-state index in [1.54, 1.807) is 18.2 Å². The Morgan fingerprint density at radius 1 is 1.14 bits per heavy atom. The van der Waals surface area contributed by atoms with Crippen LogP contribution in [0.2, 0.25) is 0 Å². The first kappa shape index (κ1) is 18.0. The number of nitrogens with zero attached hydrogens (tertiary/aromatic N) is 2. The number of aromatic amines is 1. The van der Waals surface area contributed by atoms with E-state index >= 15 is 0 Å². The molecule has 0 unspecified atom stereocenters. The number of halogens is 2. The van der Waals surface area contributed by atoms with E-state index in [0.717, 1.165) is 0 Å². The number of hydrogen-bond donors (Lipinski definition) is 3. The van der Waals surface area contributed by atoms with Crippen molar-refractivity contribution in [2.24, 2.45) is 4.99 Å². The van der Waals surface area contributed by atoms with Gasteiger partial charge in [0.15, 0.2) is 5.88 Å². The summed E-state index contributed by atoms with van der Waals surface area (Å²) in [4.78, 5) is 20.2. The summed E-state index contributed by atoms with van der Waals surface area (Å²) in [6, 6.07) is 8.71. The van der Waals surface area contributed by atoms with E-state index in [2.05, 4.69) is 15.3 Å². The fraction of sp³-hybridized carbons (Fsp3) is 0.200. The largest absolute Gasteiger partial charge is 0.494 e. The molecule has 1 aliphatic heterocycles. The van der Waals surface area contributed by atoms with E-state index in [0.29, 0.717) is 53.9 Å². The lowest BCUT2D eigenvalue weighted by atomic mass is 10.2. The van der Waals surface area contributed by atoms with E-state index in [9.17, 15) is 18.7 Å². The molecule has 144 valence electrons. The van der Waals surface area contributed by atoms with Crippen molar-refractivity contribution < 1.29 is 18.7 Å². The number of anilines is 1. The average molecular weight is 384 g/mol. The number of nitrogens with one attached hydrogen (secondary N) is 2. The molecular formula is C20H18F2N4O2. The number of carbonyl (C=O) groups is 1. The molecule has 3 aromatic rings. The maximum absolute atomic E-state index is 14.6. The van der Waals surface area contributed by atoms with Crippen LogP contribution in [0.3, 0.4) is 0 Å². The van der Waals surface area contributed by atoms with Gasteiger partial charge in [-0.2, -0.15) is 0 Å². The number of rotatable bonds is 3. The smallest absolute Gasteiger partial charge is 0.221 e. The number of H-pyrrole nitrogens is 1. The summed E-state index contributed by atoms with van der Waals surface area (Å²) in [5.41, 5.74) is 1.64. The highest BCUT2D eigenvalue weighted by molar-refractivity contribution is 6.02. The molecule has 0 saturated carbocycles. The first-order valence-corrected chi connectivity index (χ1v) is 8.87. The Kier molecular flexibility index (Phi) is 4.68. The maximum atomic E-state index is 14.6. The summed E-state index contributed by atoms with van der Waals surface area (Å²) < 4.78 is 27.9. The van der Waals surface area contributed by atoms with Crippen molar-refractivity contribution in [2.75, 3.05) is 24.5 Å². The van der Waals surface area contributed by atoms with Crippen molar-refractivity contribution in [2.45, 2.75) is 6.42 Å². The first-order valence-electron chi connectivity index (χ1n) is 8.87. The third-order valence-corrected chi connectivity index (χ3v) is 4.71. The van der Waals surface area contributed by atoms with Crippen LogP contribution in [0, 0.1) is 11.6 Å². The van der Waals surface area contributed by atoms with E-state index in [4.69, 9.17) is 0 Å². The van der Waals surface area contributed by atoms with Crippen LogP contribution in [0.4, 0.5) is 20.2 Å². The van der Waals surface area contributed by atoms with Crippen LogP contribution < -0.4 is 10.2 Å². The molecule has 0 atom stereocenters. The Bertz CT molecular complexity index is 1080. The number of aromatic nitrogens is 1. The Hall–Kier alpha value is -3.42. The summed E-state index contributed by atoms with van der Waals surface area (Å²) in [7, 11) is 0. The first-order chi connectivity index (χ1) is 13.5. The van der Waals surface area contributed by atoms with Crippen LogP contribution in [-0.4, -0.2) is 41.8 Å². The molecular weight excluding hydrogens is 366 g/mol. The SMILES string of the molecule is O=C1CCN(c2ccc(N=Cc3c(O)[nH]c4cc(F)ccc34)cc2F)CCN1. The van der Waals surface area contributed by atoms with Crippen molar-refractivity contribution in [1.82, 2.24) is 10.3 Å². The highest BCUT2D eigenvalue weighted by atomic mass is 19.1. The number of carbonyl (C=O) groups excluding carboxylic acids is 1. The Morgan fingerprint density at radius 2 is 2.00 bits per heavy atom. The molecule has 0 aliphatic carbocycles. The molecule has 4 rings (SSSR count). The summed E-state index contributed by atoms with van der Waals surface area (Å²) in [6.45, 7) is 1.45. The highest BCUT2D eigenvalue weighted by Crippen LogP contribution is 2.28. The van der Waals surface area contributed by atoms with Gasteiger partial charge in [-0.25, -0.2) is 8.78 Å². The van der Waals surface area contributed by atoms with Crippen LogP contribution in [0.15, 0.2) is 41.4 Å². The zero-order valence-electron chi connectivity index (χ0n) is 14.9. The predicted octanol–water partition coefficient (Wildman–Crippen LogP) is 3.23. The molecule has 0 radical (unpaired) electrons. The number of amides is 1. The molecule has 1 amide bonds. The number of aromatic hydroxyl groups is 1. The molecule has 1 saturated heterocycles. The fourth-order valence-electron chi connectivity index (χ4n) is 3.29. The number of hydrogen-bond acceptors (Lipinski definition) is 4. The Morgan fingerprint density at radius 3 is 2.82 bits per heavy atom. The van der Waals surface area contributed by atoms with Crippen LogP contribution in [0.25, 0.3) is 10.9 Å². The molecule has 8 heteroatoms. The van der Waals surface area contributed by atoms with E-state index in [1.807, 2.05) is 4.90 Å². The molecule has 3 N–H and O–H groups in total. The molecule has 6 nitrogen and oxygen atoms in total. The lowest BCUT2D eigenvalue weighted by Crippen LogP contribution is -2.28. The minimum Gasteiger partial charge on any atom is -0.494 e. The molecule has 2 aromatic carbocycles. The number of aliphatic imine (C=N–C) groups is 1. The van der Waals surface area contributed by atoms with Gasteiger partial charge in [0.2, 0.25) is 5.91 Å². The third kappa shape index (κ3) is 3.53. The van der Waals surface area contributed by atoms with E-state index in [1.165, 1.54) is 24.4 Å². The van der Waals surface area contributed by atoms with Gasteiger partial charge in [-0.3, -0.25) is 9.79 Å². The Labute approximate surface area is 159 Å². The zero-order valence-corrected chi connectivity index (χ0v) is 14.9. The van der Waals surface area contributed by atoms with E-state index < -0.39 is 11.6 Å². The molecule has 0 bridgehead atoms. The van der Waals surface area contributed by atoms with Crippen LogP contribution in [0.1, 0.15) is 12.0 Å². The molecule has 1 aromatic heterocycles. The van der Waals surface area contributed by atoms with Crippen molar-refractivity contribution >= 4 is 34.4 Å². The second-order valence-corrected chi connectivity index (χ2v) is 6.56. The molecule has 1 fully saturated rings. The van der Waals surface area contributed by atoms with Crippen molar-refractivity contribution in [3.05, 3.63) is 53.6 Å². The number of benzene rings is 2. The lowest BCUT2D eigenvalue weighted by Gasteiger charge is -2.22. The van der Waals surface area contributed by atoms with Gasteiger partial charge in [0.25, 0.3) is 0 Å². The van der Waals surface area contributed by atoms with Crippen molar-refractivity contribution in [3.63, 3.8) is 0 Å². The highest BCUT2D eigenvalue weighted by Gasteiger charge is 2.17. The molecule has 1 aliphatic rings. The summed E-state index contributed by atoms with van der Waals surface area (Å²) in [5, 5.41) is 13.4. The van der Waals surface area contributed by atoms with Gasteiger partial charge in [-0.15, -0.1) is 0 Å². The lowest BCUT2D eigenvalue weighted by molar-refractivity contribution is -0.120. The fourth-order valence-corrected chi connectivity index (χ4v) is 3.29. The van der Waals surface area contributed by atoms with Crippen LogP contribution >= 0.6 is 0 Å². The van der Waals surface area contributed by atoms with Crippen molar-refractivity contribution in [3.8, 4) is 5.88 Å². The summed E-state index contributed by atoms with van der Waals surface area (Å²) in [6.07, 6.45) is 1.73. The summed E-state index contributed by atoms with van der Waals surface area (Å²) in [5.74, 6) is -1.03. The predicted molar refractivity (Wildman–Crippen MR) is 103 cm³/mol. The third-order valence-electron chi connectivity index (χ3n) is 4.71. The van der Waals surface area contributed by atoms with Gasteiger partial charge in [0.1, 0.15) is 11.6 Å². The maximum Gasteiger partial charge on any atom is 0.221 e. The van der Waals surface area contributed by atoms with Crippen LogP contribution in [-0.2, 0) is 4.79 Å². The minimum atomic E-state index is -0.436.